The highest BCUT2D eigenvalue weighted by atomic mass is 32.1. The van der Waals surface area contributed by atoms with Crippen LogP contribution in [0, 0.1) is 0 Å². The molecule has 0 radical (unpaired) electrons. The minimum atomic E-state index is -0.703. The highest BCUT2D eigenvalue weighted by molar-refractivity contribution is 7.08. The zero-order valence-electron chi connectivity index (χ0n) is 13.9. The standard InChI is InChI=1S/C17H19NO4S2/c1-17(2,3)22-16(20)18-14(15(19)21-4)13(11-5-7-23-9-11)12-6-8-24-10-12/h5-10H,1-4H3,(H,18,20). The number of esters is 1. The quantitative estimate of drug-likeness (QED) is 0.649. The van der Waals surface area contributed by atoms with E-state index < -0.39 is 17.7 Å². The predicted molar refractivity (Wildman–Crippen MR) is 96.0 cm³/mol. The molecule has 2 aromatic rings. The molecule has 1 N–H and O–H groups in total. The minimum absolute atomic E-state index is 0.0588. The molecule has 0 aliphatic rings. The number of methoxy groups -OCH3 is 1. The van der Waals surface area contributed by atoms with E-state index in [1.807, 2.05) is 33.7 Å². The molecule has 0 aliphatic carbocycles. The summed E-state index contributed by atoms with van der Waals surface area (Å²) in [5.74, 6) is -0.631. The fourth-order valence-corrected chi connectivity index (χ4v) is 3.29. The van der Waals surface area contributed by atoms with Gasteiger partial charge in [-0.1, -0.05) is 0 Å². The molecule has 2 rings (SSSR count). The van der Waals surface area contributed by atoms with Crippen molar-refractivity contribution in [1.29, 1.82) is 0 Å². The van der Waals surface area contributed by atoms with Gasteiger partial charge in [0.15, 0.2) is 0 Å². The smallest absolute Gasteiger partial charge is 0.412 e. The second-order valence-electron chi connectivity index (χ2n) is 5.89. The number of hydrogen-bond acceptors (Lipinski definition) is 6. The van der Waals surface area contributed by atoms with Crippen LogP contribution < -0.4 is 5.32 Å². The van der Waals surface area contributed by atoms with E-state index in [-0.39, 0.29) is 5.70 Å². The van der Waals surface area contributed by atoms with Gasteiger partial charge in [-0.2, -0.15) is 22.7 Å². The third-order valence-corrected chi connectivity index (χ3v) is 4.25. The molecule has 1 amide bonds. The second kappa shape index (κ2) is 7.63. The molecule has 0 spiro atoms. The molecule has 0 aliphatic heterocycles. The first-order chi connectivity index (χ1) is 11.3. The van der Waals surface area contributed by atoms with Crippen LogP contribution in [0.5, 0.6) is 0 Å². The van der Waals surface area contributed by atoms with Gasteiger partial charge in [0, 0.05) is 5.57 Å². The molecule has 5 nitrogen and oxygen atoms in total. The van der Waals surface area contributed by atoms with Crippen LogP contribution in [-0.4, -0.2) is 24.8 Å². The van der Waals surface area contributed by atoms with Crippen LogP contribution in [0.15, 0.2) is 39.4 Å². The first kappa shape index (κ1) is 18.2. The van der Waals surface area contributed by atoms with Gasteiger partial charge >= 0.3 is 12.1 Å². The molecule has 2 aromatic heterocycles. The number of thiophene rings is 2. The Labute approximate surface area is 148 Å². The molecule has 0 atom stereocenters. The number of carbonyl (C=O) groups excluding carboxylic acids is 2. The van der Waals surface area contributed by atoms with Gasteiger partial charge in [0.25, 0.3) is 0 Å². The van der Waals surface area contributed by atoms with E-state index in [0.29, 0.717) is 5.57 Å². The fraction of sp³-hybridized carbons (Fsp3) is 0.294. The van der Waals surface area contributed by atoms with Crippen LogP contribution in [-0.2, 0) is 14.3 Å². The van der Waals surface area contributed by atoms with Crippen LogP contribution >= 0.6 is 22.7 Å². The van der Waals surface area contributed by atoms with Gasteiger partial charge in [0.1, 0.15) is 11.3 Å². The Morgan fingerprint density at radius 2 is 1.58 bits per heavy atom. The Balaban J connectivity index is 2.50. The largest absolute Gasteiger partial charge is 0.464 e. The van der Waals surface area contributed by atoms with E-state index in [1.54, 1.807) is 20.8 Å². The Bertz CT molecular complexity index is 689. The molecule has 24 heavy (non-hydrogen) atoms. The van der Waals surface area contributed by atoms with Gasteiger partial charge in [-0.15, -0.1) is 0 Å². The van der Waals surface area contributed by atoms with Crippen molar-refractivity contribution in [3.05, 3.63) is 50.5 Å². The van der Waals surface area contributed by atoms with Crippen molar-refractivity contribution < 1.29 is 19.1 Å². The highest BCUT2D eigenvalue weighted by Gasteiger charge is 2.25. The summed E-state index contributed by atoms with van der Waals surface area (Å²) < 4.78 is 10.1. The van der Waals surface area contributed by atoms with Crippen LogP contribution in [0.4, 0.5) is 4.79 Å². The summed E-state index contributed by atoms with van der Waals surface area (Å²) in [6.07, 6.45) is -0.703. The number of hydrogen-bond donors (Lipinski definition) is 1. The second-order valence-corrected chi connectivity index (χ2v) is 7.45. The topological polar surface area (TPSA) is 64.6 Å². The van der Waals surface area contributed by atoms with E-state index in [9.17, 15) is 9.59 Å². The maximum Gasteiger partial charge on any atom is 0.412 e. The number of ether oxygens (including phenoxy) is 2. The van der Waals surface area contributed by atoms with Crippen molar-refractivity contribution in [2.75, 3.05) is 7.11 Å². The zero-order chi connectivity index (χ0) is 17.7. The predicted octanol–water partition coefficient (Wildman–Crippen LogP) is 4.27. The summed E-state index contributed by atoms with van der Waals surface area (Å²) in [7, 11) is 1.28. The monoisotopic (exact) mass is 365 g/mol. The van der Waals surface area contributed by atoms with Gasteiger partial charge in [-0.25, -0.2) is 9.59 Å². The molecular formula is C17H19NO4S2. The summed E-state index contributed by atoms with van der Waals surface area (Å²) in [5.41, 5.74) is 1.65. The number of carbonyl (C=O) groups is 2. The van der Waals surface area contributed by atoms with Crippen molar-refractivity contribution in [2.24, 2.45) is 0 Å². The highest BCUT2D eigenvalue weighted by Crippen LogP contribution is 2.30. The molecule has 0 aromatic carbocycles. The van der Waals surface area contributed by atoms with Gasteiger partial charge in [0.05, 0.1) is 7.11 Å². The van der Waals surface area contributed by atoms with Crippen LogP contribution in [0.25, 0.3) is 5.57 Å². The van der Waals surface area contributed by atoms with Gasteiger partial charge in [0.2, 0.25) is 0 Å². The molecule has 0 bridgehead atoms. The summed E-state index contributed by atoms with van der Waals surface area (Å²) >= 11 is 3.01. The van der Waals surface area contributed by atoms with Crippen molar-refractivity contribution in [3.63, 3.8) is 0 Å². The Morgan fingerprint density at radius 3 is 1.96 bits per heavy atom. The van der Waals surface area contributed by atoms with Crippen LogP contribution in [0.1, 0.15) is 31.9 Å². The molecule has 2 heterocycles. The van der Waals surface area contributed by atoms with Crippen molar-refractivity contribution in [3.8, 4) is 0 Å². The average molecular weight is 365 g/mol. The van der Waals surface area contributed by atoms with E-state index in [2.05, 4.69) is 5.32 Å². The van der Waals surface area contributed by atoms with Gasteiger partial charge in [-0.3, -0.25) is 5.32 Å². The zero-order valence-corrected chi connectivity index (χ0v) is 15.5. The first-order valence-corrected chi connectivity index (χ1v) is 9.08. The van der Waals surface area contributed by atoms with Crippen molar-refractivity contribution >= 4 is 40.3 Å². The molecule has 128 valence electrons. The third-order valence-electron chi connectivity index (χ3n) is 2.89. The SMILES string of the molecule is COC(=O)C(NC(=O)OC(C)(C)C)=C(c1ccsc1)c1ccsc1. The lowest BCUT2D eigenvalue weighted by molar-refractivity contribution is -0.136. The summed E-state index contributed by atoms with van der Waals surface area (Å²) in [4.78, 5) is 24.5. The lowest BCUT2D eigenvalue weighted by atomic mass is 10.0. The van der Waals surface area contributed by atoms with E-state index in [4.69, 9.17) is 9.47 Å². The normalized spacial score (nSPS) is 10.8. The molecule has 0 saturated carbocycles. The van der Waals surface area contributed by atoms with Crippen LogP contribution in [0.2, 0.25) is 0 Å². The maximum atomic E-state index is 12.3. The van der Waals surface area contributed by atoms with Crippen LogP contribution in [0.3, 0.4) is 0 Å². The number of rotatable bonds is 4. The Hall–Kier alpha value is -2.12. The summed E-state index contributed by atoms with van der Waals surface area (Å²) in [5, 5.41) is 10.2. The molecule has 0 unspecified atom stereocenters. The van der Waals surface area contributed by atoms with Gasteiger partial charge < -0.3 is 9.47 Å². The number of nitrogens with one attached hydrogen (secondary N) is 1. The van der Waals surface area contributed by atoms with E-state index in [0.717, 1.165) is 11.1 Å². The van der Waals surface area contributed by atoms with Crippen molar-refractivity contribution in [1.82, 2.24) is 5.32 Å². The minimum Gasteiger partial charge on any atom is -0.464 e. The molecule has 7 heteroatoms. The Kier molecular flexibility index (Phi) is 5.80. The van der Waals surface area contributed by atoms with Crippen molar-refractivity contribution in [2.45, 2.75) is 26.4 Å². The fourth-order valence-electron chi connectivity index (χ4n) is 1.99. The average Bonchev–Trinajstić information content (AvgIpc) is 3.17. The lowest BCUT2D eigenvalue weighted by Crippen LogP contribution is -2.35. The lowest BCUT2D eigenvalue weighted by Gasteiger charge is -2.21. The van der Waals surface area contributed by atoms with E-state index >= 15 is 0 Å². The molecule has 0 fully saturated rings. The number of amides is 1. The summed E-state index contributed by atoms with van der Waals surface area (Å²) in [6, 6.07) is 3.77. The van der Waals surface area contributed by atoms with Gasteiger partial charge in [-0.05, 0) is 65.6 Å². The maximum absolute atomic E-state index is 12.3. The van der Waals surface area contributed by atoms with E-state index in [1.165, 1.54) is 29.8 Å². The summed E-state index contributed by atoms with van der Waals surface area (Å²) in [6.45, 7) is 5.27. The first-order valence-electron chi connectivity index (χ1n) is 7.19. The third kappa shape index (κ3) is 4.69. The number of alkyl carbamates (subject to hydrolysis) is 1. The Morgan fingerprint density at radius 1 is 1.04 bits per heavy atom. The molecule has 0 saturated heterocycles. The molecular weight excluding hydrogens is 346 g/mol.